The summed E-state index contributed by atoms with van der Waals surface area (Å²) < 4.78 is 1.64. The van der Waals surface area contributed by atoms with Gasteiger partial charge in [0.1, 0.15) is 5.69 Å². The summed E-state index contributed by atoms with van der Waals surface area (Å²) in [5.74, 6) is -0.0346. The van der Waals surface area contributed by atoms with Crippen LogP contribution in [0.5, 0.6) is 0 Å². The molecule has 0 saturated carbocycles. The van der Waals surface area contributed by atoms with Gasteiger partial charge >= 0.3 is 0 Å². The van der Waals surface area contributed by atoms with Crippen LogP contribution in [0.1, 0.15) is 26.0 Å². The molecule has 2 rings (SSSR count). The van der Waals surface area contributed by atoms with Crippen LogP contribution in [0, 0.1) is 6.92 Å². The molecular formula is C18H26N4O2. The SMILES string of the molecule is CCN(CC)CCNC(=O)CCn1c(=O)c(C)nc2ccccc21. The van der Waals surface area contributed by atoms with Crippen molar-refractivity contribution in [3.8, 4) is 0 Å². The Morgan fingerprint density at radius 2 is 1.96 bits per heavy atom. The fraction of sp³-hybridized carbons (Fsp3) is 0.500. The smallest absolute Gasteiger partial charge is 0.272 e. The Morgan fingerprint density at radius 3 is 2.67 bits per heavy atom. The number of aromatic nitrogens is 2. The van der Waals surface area contributed by atoms with Crippen LogP contribution in [0.2, 0.25) is 0 Å². The van der Waals surface area contributed by atoms with E-state index in [0.717, 1.165) is 30.7 Å². The molecule has 130 valence electrons. The van der Waals surface area contributed by atoms with Gasteiger partial charge in [0.05, 0.1) is 11.0 Å². The number of nitrogens with zero attached hydrogens (tertiary/aromatic N) is 3. The summed E-state index contributed by atoms with van der Waals surface area (Å²) in [6.45, 7) is 9.70. The van der Waals surface area contributed by atoms with Crippen molar-refractivity contribution in [1.29, 1.82) is 0 Å². The van der Waals surface area contributed by atoms with Gasteiger partial charge in [-0.1, -0.05) is 26.0 Å². The van der Waals surface area contributed by atoms with Crippen molar-refractivity contribution < 1.29 is 4.79 Å². The van der Waals surface area contributed by atoms with Gasteiger partial charge in [-0.3, -0.25) is 9.59 Å². The van der Waals surface area contributed by atoms with E-state index >= 15 is 0 Å². The van der Waals surface area contributed by atoms with Crippen molar-refractivity contribution in [3.05, 3.63) is 40.3 Å². The van der Waals surface area contributed by atoms with E-state index in [4.69, 9.17) is 0 Å². The number of likely N-dealkylation sites (N-methyl/N-ethyl adjacent to an activating group) is 1. The van der Waals surface area contributed by atoms with E-state index in [1.54, 1.807) is 11.5 Å². The molecule has 0 aliphatic rings. The van der Waals surface area contributed by atoms with Gasteiger partial charge in [0, 0.05) is 26.1 Å². The Morgan fingerprint density at radius 1 is 1.25 bits per heavy atom. The molecule has 0 aliphatic carbocycles. The van der Waals surface area contributed by atoms with Gasteiger partial charge in [0.2, 0.25) is 5.91 Å². The zero-order valence-electron chi connectivity index (χ0n) is 14.7. The predicted octanol–water partition coefficient (Wildman–Crippen LogP) is 1.55. The minimum atomic E-state index is -0.135. The van der Waals surface area contributed by atoms with Crippen molar-refractivity contribution in [2.24, 2.45) is 0 Å². The van der Waals surface area contributed by atoms with E-state index < -0.39 is 0 Å². The summed E-state index contributed by atoms with van der Waals surface area (Å²) in [5.41, 5.74) is 1.86. The number of para-hydroxylation sites is 2. The van der Waals surface area contributed by atoms with E-state index in [-0.39, 0.29) is 17.9 Å². The molecule has 0 radical (unpaired) electrons. The molecule has 0 bridgehead atoms. The van der Waals surface area contributed by atoms with Gasteiger partial charge in [0.15, 0.2) is 0 Å². The van der Waals surface area contributed by atoms with Crippen LogP contribution in [-0.2, 0) is 11.3 Å². The third kappa shape index (κ3) is 4.41. The predicted molar refractivity (Wildman–Crippen MR) is 96.2 cm³/mol. The third-order valence-corrected chi connectivity index (χ3v) is 4.22. The molecule has 0 saturated heterocycles. The third-order valence-electron chi connectivity index (χ3n) is 4.22. The Balaban J connectivity index is 1.99. The molecule has 0 spiro atoms. The number of nitrogens with one attached hydrogen (secondary N) is 1. The van der Waals surface area contributed by atoms with Crippen LogP contribution < -0.4 is 10.9 Å². The molecule has 0 aliphatic heterocycles. The summed E-state index contributed by atoms with van der Waals surface area (Å²) in [7, 11) is 0. The number of aryl methyl sites for hydroxylation is 2. The number of amides is 1. The monoisotopic (exact) mass is 330 g/mol. The van der Waals surface area contributed by atoms with Gasteiger partial charge in [-0.05, 0) is 32.1 Å². The number of fused-ring (bicyclic) bond motifs is 1. The molecule has 24 heavy (non-hydrogen) atoms. The zero-order chi connectivity index (χ0) is 17.5. The number of benzene rings is 1. The molecule has 0 atom stereocenters. The molecule has 0 fully saturated rings. The van der Waals surface area contributed by atoms with Gasteiger partial charge in [-0.15, -0.1) is 0 Å². The van der Waals surface area contributed by atoms with E-state index in [2.05, 4.69) is 29.0 Å². The summed E-state index contributed by atoms with van der Waals surface area (Å²) in [4.78, 5) is 31.0. The van der Waals surface area contributed by atoms with E-state index in [0.29, 0.717) is 18.8 Å². The molecule has 6 heteroatoms. The highest BCUT2D eigenvalue weighted by molar-refractivity contribution is 5.77. The molecule has 6 nitrogen and oxygen atoms in total. The Hall–Kier alpha value is -2.21. The highest BCUT2D eigenvalue weighted by atomic mass is 16.2. The maximum Gasteiger partial charge on any atom is 0.272 e. The van der Waals surface area contributed by atoms with Gasteiger partial charge in [-0.2, -0.15) is 0 Å². The lowest BCUT2D eigenvalue weighted by Crippen LogP contribution is -2.35. The minimum Gasteiger partial charge on any atom is -0.355 e. The highest BCUT2D eigenvalue weighted by Crippen LogP contribution is 2.10. The molecule has 1 aromatic heterocycles. The summed E-state index contributed by atoms with van der Waals surface area (Å²) in [6.07, 6.45) is 0.283. The Bertz CT molecular complexity index is 750. The number of hydrogen-bond acceptors (Lipinski definition) is 4. The molecule has 2 aromatic rings. The lowest BCUT2D eigenvalue weighted by molar-refractivity contribution is -0.121. The average molecular weight is 330 g/mol. The Kier molecular flexibility index (Phi) is 6.49. The maximum atomic E-state index is 12.3. The largest absolute Gasteiger partial charge is 0.355 e. The molecule has 1 N–H and O–H groups in total. The normalized spacial score (nSPS) is 11.2. The van der Waals surface area contributed by atoms with Crippen LogP contribution in [0.15, 0.2) is 29.1 Å². The second kappa shape index (κ2) is 8.59. The van der Waals surface area contributed by atoms with E-state index in [1.165, 1.54) is 0 Å². The quantitative estimate of drug-likeness (QED) is 0.797. The fourth-order valence-corrected chi connectivity index (χ4v) is 2.74. The molecular weight excluding hydrogens is 304 g/mol. The first-order valence-corrected chi connectivity index (χ1v) is 8.52. The standard InChI is InChI=1S/C18H26N4O2/c1-4-21(5-2)13-11-19-17(23)10-12-22-16-9-7-6-8-15(16)20-14(3)18(22)24/h6-9H,4-5,10-13H2,1-3H3,(H,19,23). The van der Waals surface area contributed by atoms with E-state index in [1.807, 2.05) is 24.3 Å². The fourth-order valence-electron chi connectivity index (χ4n) is 2.74. The first-order chi connectivity index (χ1) is 11.6. The first-order valence-electron chi connectivity index (χ1n) is 8.52. The number of hydrogen-bond donors (Lipinski definition) is 1. The molecule has 1 amide bonds. The molecule has 1 aromatic carbocycles. The lowest BCUT2D eigenvalue weighted by Gasteiger charge is -2.18. The van der Waals surface area contributed by atoms with Crippen molar-refractivity contribution in [3.63, 3.8) is 0 Å². The topological polar surface area (TPSA) is 67.2 Å². The number of carbonyl (C=O) groups is 1. The summed E-state index contributed by atoms with van der Waals surface area (Å²) in [6, 6.07) is 7.51. The maximum absolute atomic E-state index is 12.3. The zero-order valence-corrected chi connectivity index (χ0v) is 14.7. The molecule has 1 heterocycles. The van der Waals surface area contributed by atoms with Crippen molar-refractivity contribution in [2.45, 2.75) is 33.7 Å². The number of carbonyl (C=O) groups excluding carboxylic acids is 1. The second-order valence-electron chi connectivity index (χ2n) is 5.77. The minimum absolute atomic E-state index is 0.0346. The molecule has 0 unspecified atom stereocenters. The van der Waals surface area contributed by atoms with Gasteiger partial charge < -0.3 is 14.8 Å². The Labute approximate surface area is 142 Å². The van der Waals surface area contributed by atoms with Crippen molar-refractivity contribution in [1.82, 2.24) is 19.8 Å². The summed E-state index contributed by atoms with van der Waals surface area (Å²) >= 11 is 0. The van der Waals surface area contributed by atoms with Gasteiger partial charge in [0.25, 0.3) is 5.56 Å². The highest BCUT2D eigenvalue weighted by Gasteiger charge is 2.09. The first kappa shape index (κ1) is 18.1. The van der Waals surface area contributed by atoms with Crippen LogP contribution >= 0.6 is 0 Å². The summed E-state index contributed by atoms with van der Waals surface area (Å²) in [5, 5.41) is 2.92. The van der Waals surface area contributed by atoms with Crippen molar-refractivity contribution >= 4 is 16.9 Å². The number of rotatable bonds is 8. The lowest BCUT2D eigenvalue weighted by atomic mass is 10.2. The van der Waals surface area contributed by atoms with E-state index in [9.17, 15) is 9.59 Å². The van der Waals surface area contributed by atoms with Crippen LogP contribution in [0.4, 0.5) is 0 Å². The van der Waals surface area contributed by atoms with Crippen LogP contribution in [0.3, 0.4) is 0 Å². The van der Waals surface area contributed by atoms with Gasteiger partial charge in [-0.25, -0.2) is 4.98 Å². The van der Waals surface area contributed by atoms with Crippen molar-refractivity contribution in [2.75, 3.05) is 26.2 Å². The van der Waals surface area contributed by atoms with Crippen LogP contribution in [0.25, 0.3) is 11.0 Å². The van der Waals surface area contributed by atoms with Crippen LogP contribution in [-0.4, -0.2) is 46.5 Å². The average Bonchev–Trinajstić information content (AvgIpc) is 2.59. The second-order valence-corrected chi connectivity index (χ2v) is 5.77.